The molecule has 0 spiro atoms. The van der Waals surface area contributed by atoms with Crippen molar-refractivity contribution in [1.82, 2.24) is 14.7 Å². The number of para-hydroxylation sites is 1. The fourth-order valence-electron chi connectivity index (χ4n) is 2.99. The van der Waals surface area contributed by atoms with Crippen molar-refractivity contribution in [1.29, 1.82) is 0 Å². The van der Waals surface area contributed by atoms with Gasteiger partial charge in [-0.25, -0.2) is 9.07 Å². The van der Waals surface area contributed by atoms with Crippen molar-refractivity contribution < 1.29 is 13.9 Å². The summed E-state index contributed by atoms with van der Waals surface area (Å²) in [6, 6.07) is 17.4. The van der Waals surface area contributed by atoms with E-state index in [1.165, 1.54) is 12.1 Å². The van der Waals surface area contributed by atoms with E-state index in [-0.39, 0.29) is 11.7 Å². The van der Waals surface area contributed by atoms with Crippen LogP contribution in [0.4, 0.5) is 4.39 Å². The van der Waals surface area contributed by atoms with Crippen molar-refractivity contribution in [3.05, 3.63) is 72.2 Å². The highest BCUT2D eigenvalue weighted by Crippen LogP contribution is 2.23. The molecule has 1 aromatic heterocycles. The first-order chi connectivity index (χ1) is 12.7. The predicted octanol–water partition coefficient (Wildman–Crippen LogP) is 3.15. The van der Waals surface area contributed by atoms with Crippen molar-refractivity contribution in [2.75, 3.05) is 26.3 Å². The molecule has 1 aliphatic heterocycles. The maximum atomic E-state index is 13.2. The first-order valence-corrected chi connectivity index (χ1v) is 8.51. The number of carbonyl (C=O) groups is 1. The summed E-state index contributed by atoms with van der Waals surface area (Å²) in [7, 11) is 0. The normalized spacial score (nSPS) is 14.4. The molecule has 2 heterocycles. The Morgan fingerprint density at radius 2 is 1.69 bits per heavy atom. The van der Waals surface area contributed by atoms with Gasteiger partial charge in [0.15, 0.2) is 0 Å². The van der Waals surface area contributed by atoms with Crippen LogP contribution < -0.4 is 0 Å². The van der Waals surface area contributed by atoms with Crippen LogP contribution in [0.2, 0.25) is 0 Å². The summed E-state index contributed by atoms with van der Waals surface area (Å²) in [5, 5.41) is 4.61. The van der Waals surface area contributed by atoms with E-state index in [9.17, 15) is 9.18 Å². The van der Waals surface area contributed by atoms with Crippen LogP contribution in [0.3, 0.4) is 0 Å². The average molecular weight is 351 g/mol. The van der Waals surface area contributed by atoms with Gasteiger partial charge in [-0.05, 0) is 42.5 Å². The van der Waals surface area contributed by atoms with Crippen molar-refractivity contribution in [2.24, 2.45) is 0 Å². The molecule has 0 radical (unpaired) electrons. The molecule has 3 aromatic rings. The van der Waals surface area contributed by atoms with Crippen LogP contribution in [-0.2, 0) is 4.74 Å². The molecule has 1 aliphatic rings. The minimum atomic E-state index is -0.305. The number of halogens is 1. The Morgan fingerprint density at radius 1 is 1.00 bits per heavy atom. The Bertz CT molecular complexity index is 901. The molecule has 0 N–H and O–H groups in total. The van der Waals surface area contributed by atoms with Gasteiger partial charge in [-0.3, -0.25) is 4.79 Å². The van der Waals surface area contributed by atoms with Crippen molar-refractivity contribution in [2.45, 2.75) is 0 Å². The fraction of sp³-hybridized carbons (Fsp3) is 0.200. The zero-order chi connectivity index (χ0) is 17.9. The minimum Gasteiger partial charge on any atom is -0.378 e. The lowest BCUT2D eigenvalue weighted by Gasteiger charge is -2.26. The molecule has 6 heteroatoms. The lowest BCUT2D eigenvalue weighted by molar-refractivity contribution is 0.0297. The van der Waals surface area contributed by atoms with Crippen LogP contribution in [0.5, 0.6) is 0 Å². The van der Waals surface area contributed by atoms with Crippen molar-refractivity contribution in [3.63, 3.8) is 0 Å². The van der Waals surface area contributed by atoms with Gasteiger partial charge in [0.05, 0.1) is 24.6 Å². The second kappa shape index (κ2) is 7.09. The van der Waals surface area contributed by atoms with Gasteiger partial charge in [0.2, 0.25) is 0 Å². The van der Waals surface area contributed by atoms with E-state index in [0.29, 0.717) is 37.7 Å². The molecule has 4 rings (SSSR count). The van der Waals surface area contributed by atoms with Gasteiger partial charge < -0.3 is 9.64 Å². The molecule has 1 fully saturated rings. The van der Waals surface area contributed by atoms with E-state index in [4.69, 9.17) is 4.74 Å². The monoisotopic (exact) mass is 351 g/mol. The second-order valence-electron chi connectivity index (χ2n) is 6.07. The van der Waals surface area contributed by atoms with E-state index in [1.54, 1.807) is 27.8 Å². The molecule has 1 saturated heterocycles. The van der Waals surface area contributed by atoms with Gasteiger partial charge in [0.1, 0.15) is 11.5 Å². The standard InChI is InChI=1S/C20H18FN3O2/c21-16-8-6-15(7-9-16)18-14-19(20(25)23-10-12-26-13-11-23)24(22-18)17-4-2-1-3-5-17/h1-9,14H,10-13H2. The highest BCUT2D eigenvalue weighted by Gasteiger charge is 2.24. The van der Waals surface area contributed by atoms with Gasteiger partial charge in [0, 0.05) is 18.7 Å². The summed E-state index contributed by atoms with van der Waals surface area (Å²) in [4.78, 5) is 14.8. The molecule has 0 bridgehead atoms. The van der Waals surface area contributed by atoms with E-state index in [2.05, 4.69) is 5.10 Å². The summed E-state index contributed by atoms with van der Waals surface area (Å²) in [5.74, 6) is -0.390. The van der Waals surface area contributed by atoms with E-state index in [1.807, 2.05) is 30.3 Å². The SMILES string of the molecule is O=C(c1cc(-c2ccc(F)cc2)nn1-c1ccccc1)N1CCOCC1. The molecule has 2 aromatic carbocycles. The smallest absolute Gasteiger partial charge is 0.272 e. The average Bonchev–Trinajstić information content (AvgIpc) is 3.15. The second-order valence-corrected chi connectivity index (χ2v) is 6.07. The third-order valence-corrected chi connectivity index (χ3v) is 4.37. The molecule has 1 amide bonds. The molecular formula is C20H18FN3O2. The Labute approximate surface area is 150 Å². The number of nitrogens with zero attached hydrogens (tertiary/aromatic N) is 3. The summed E-state index contributed by atoms with van der Waals surface area (Å²) in [6.45, 7) is 2.20. The van der Waals surface area contributed by atoms with Gasteiger partial charge >= 0.3 is 0 Å². The maximum absolute atomic E-state index is 13.2. The van der Waals surface area contributed by atoms with Crippen molar-refractivity contribution >= 4 is 5.91 Å². The van der Waals surface area contributed by atoms with E-state index < -0.39 is 0 Å². The highest BCUT2D eigenvalue weighted by atomic mass is 19.1. The third-order valence-electron chi connectivity index (χ3n) is 4.37. The topological polar surface area (TPSA) is 47.4 Å². The first kappa shape index (κ1) is 16.5. The van der Waals surface area contributed by atoms with Gasteiger partial charge in [-0.1, -0.05) is 18.2 Å². The Morgan fingerprint density at radius 3 is 2.38 bits per heavy atom. The van der Waals surface area contributed by atoms with Crippen LogP contribution in [0.15, 0.2) is 60.7 Å². The van der Waals surface area contributed by atoms with E-state index >= 15 is 0 Å². The van der Waals surface area contributed by atoms with Crippen LogP contribution in [0, 0.1) is 5.82 Å². The molecule has 5 nitrogen and oxygen atoms in total. The van der Waals surface area contributed by atoms with Gasteiger partial charge in [0.25, 0.3) is 5.91 Å². The van der Waals surface area contributed by atoms with Crippen LogP contribution >= 0.6 is 0 Å². The number of carbonyl (C=O) groups excluding carboxylic acids is 1. The number of benzene rings is 2. The quantitative estimate of drug-likeness (QED) is 0.728. The Hall–Kier alpha value is -2.99. The third kappa shape index (κ3) is 3.23. The summed E-state index contributed by atoms with van der Waals surface area (Å²) < 4.78 is 20.2. The van der Waals surface area contributed by atoms with Gasteiger partial charge in [-0.15, -0.1) is 0 Å². The summed E-state index contributed by atoms with van der Waals surface area (Å²) >= 11 is 0. The van der Waals surface area contributed by atoms with Crippen LogP contribution in [0.1, 0.15) is 10.5 Å². The first-order valence-electron chi connectivity index (χ1n) is 8.51. The van der Waals surface area contributed by atoms with Crippen LogP contribution in [0.25, 0.3) is 16.9 Å². The molecule has 26 heavy (non-hydrogen) atoms. The lowest BCUT2D eigenvalue weighted by atomic mass is 10.1. The fourth-order valence-corrected chi connectivity index (χ4v) is 2.99. The van der Waals surface area contributed by atoms with Gasteiger partial charge in [-0.2, -0.15) is 5.10 Å². The molecule has 0 unspecified atom stereocenters. The Balaban J connectivity index is 1.77. The Kier molecular flexibility index (Phi) is 4.50. The van der Waals surface area contributed by atoms with Crippen LogP contribution in [-0.4, -0.2) is 46.9 Å². The number of aromatic nitrogens is 2. The van der Waals surface area contributed by atoms with Crippen molar-refractivity contribution in [3.8, 4) is 16.9 Å². The highest BCUT2D eigenvalue weighted by molar-refractivity contribution is 5.94. The predicted molar refractivity (Wildman–Crippen MR) is 95.7 cm³/mol. The number of rotatable bonds is 3. The molecule has 132 valence electrons. The molecular weight excluding hydrogens is 333 g/mol. The van der Waals surface area contributed by atoms with E-state index in [0.717, 1.165) is 11.3 Å². The molecule has 0 aliphatic carbocycles. The maximum Gasteiger partial charge on any atom is 0.272 e. The number of amides is 1. The lowest BCUT2D eigenvalue weighted by Crippen LogP contribution is -2.41. The number of hydrogen-bond acceptors (Lipinski definition) is 3. The zero-order valence-electron chi connectivity index (χ0n) is 14.1. The minimum absolute atomic E-state index is 0.0852. The summed E-state index contributed by atoms with van der Waals surface area (Å²) in [6.07, 6.45) is 0. The zero-order valence-corrected chi connectivity index (χ0v) is 14.1. The number of morpholine rings is 1. The number of ether oxygens (including phenoxy) is 1. The summed E-state index contributed by atoms with van der Waals surface area (Å²) in [5.41, 5.74) is 2.68. The molecule has 0 saturated carbocycles. The molecule has 0 atom stereocenters. The largest absolute Gasteiger partial charge is 0.378 e. The number of hydrogen-bond donors (Lipinski definition) is 0.